The smallest absolute Gasteiger partial charge is 0.0826 e. The SMILES string of the molecule is CCN1CCOC(CNCC2(CCO)CC2)C1. The predicted molar refractivity (Wildman–Crippen MR) is 68.1 cm³/mol. The Morgan fingerprint density at radius 2 is 2.29 bits per heavy atom. The molecule has 4 heteroatoms. The summed E-state index contributed by atoms with van der Waals surface area (Å²) in [7, 11) is 0. The van der Waals surface area contributed by atoms with Gasteiger partial charge in [0.05, 0.1) is 12.7 Å². The zero-order valence-electron chi connectivity index (χ0n) is 11.0. The van der Waals surface area contributed by atoms with E-state index < -0.39 is 0 Å². The van der Waals surface area contributed by atoms with Crippen LogP contribution in [0.5, 0.6) is 0 Å². The number of aliphatic hydroxyl groups excluding tert-OH is 1. The van der Waals surface area contributed by atoms with E-state index >= 15 is 0 Å². The molecule has 0 spiro atoms. The monoisotopic (exact) mass is 242 g/mol. The van der Waals surface area contributed by atoms with Gasteiger partial charge in [-0.05, 0) is 31.2 Å². The Balaban J connectivity index is 1.61. The first kappa shape index (κ1) is 13.3. The van der Waals surface area contributed by atoms with E-state index in [4.69, 9.17) is 9.84 Å². The molecule has 0 aromatic heterocycles. The largest absolute Gasteiger partial charge is 0.396 e. The summed E-state index contributed by atoms with van der Waals surface area (Å²) in [6.45, 7) is 8.62. The lowest BCUT2D eigenvalue weighted by molar-refractivity contribution is -0.0257. The normalized spacial score (nSPS) is 28.2. The van der Waals surface area contributed by atoms with Gasteiger partial charge in [-0.25, -0.2) is 0 Å². The molecule has 1 unspecified atom stereocenters. The van der Waals surface area contributed by atoms with Crippen LogP contribution >= 0.6 is 0 Å². The molecule has 2 N–H and O–H groups in total. The van der Waals surface area contributed by atoms with Gasteiger partial charge < -0.3 is 15.2 Å². The standard InChI is InChI=1S/C13H26N2O2/c1-2-15-6-8-17-12(10-15)9-14-11-13(3-4-13)5-7-16/h12,14,16H,2-11H2,1H3. The van der Waals surface area contributed by atoms with Crippen LogP contribution in [0.2, 0.25) is 0 Å². The minimum Gasteiger partial charge on any atom is -0.396 e. The van der Waals surface area contributed by atoms with Gasteiger partial charge in [-0.1, -0.05) is 6.92 Å². The second kappa shape index (κ2) is 6.14. The second-order valence-corrected chi connectivity index (χ2v) is 5.49. The highest BCUT2D eigenvalue weighted by atomic mass is 16.5. The number of ether oxygens (including phenoxy) is 1. The number of rotatable bonds is 7. The van der Waals surface area contributed by atoms with Crippen LogP contribution in [0, 0.1) is 5.41 Å². The third-order valence-corrected chi connectivity index (χ3v) is 4.14. The maximum absolute atomic E-state index is 9.00. The summed E-state index contributed by atoms with van der Waals surface area (Å²) < 4.78 is 5.75. The molecule has 2 rings (SSSR count). The predicted octanol–water partition coefficient (Wildman–Crippen LogP) is 0.459. The van der Waals surface area contributed by atoms with Gasteiger partial charge in [-0.15, -0.1) is 0 Å². The first-order valence-electron chi connectivity index (χ1n) is 6.93. The molecule has 1 saturated heterocycles. The van der Waals surface area contributed by atoms with Crippen LogP contribution in [-0.2, 0) is 4.74 Å². The number of hydrogen-bond acceptors (Lipinski definition) is 4. The Morgan fingerprint density at radius 1 is 1.47 bits per heavy atom. The molecule has 0 aromatic rings. The van der Waals surface area contributed by atoms with E-state index in [0.717, 1.165) is 45.8 Å². The first-order chi connectivity index (χ1) is 8.28. The molecule has 2 fully saturated rings. The molecular weight excluding hydrogens is 216 g/mol. The van der Waals surface area contributed by atoms with Gasteiger partial charge in [-0.3, -0.25) is 4.90 Å². The van der Waals surface area contributed by atoms with Crippen molar-refractivity contribution in [2.24, 2.45) is 5.41 Å². The fourth-order valence-corrected chi connectivity index (χ4v) is 2.62. The molecule has 0 bridgehead atoms. The first-order valence-corrected chi connectivity index (χ1v) is 6.93. The zero-order valence-corrected chi connectivity index (χ0v) is 11.0. The molecule has 100 valence electrons. The van der Waals surface area contributed by atoms with Crippen LogP contribution in [0.25, 0.3) is 0 Å². The van der Waals surface area contributed by atoms with E-state index in [2.05, 4.69) is 17.1 Å². The quantitative estimate of drug-likeness (QED) is 0.681. The van der Waals surface area contributed by atoms with Crippen molar-refractivity contribution in [3.63, 3.8) is 0 Å². The molecule has 1 aliphatic heterocycles. The van der Waals surface area contributed by atoms with E-state index in [1.165, 1.54) is 12.8 Å². The molecule has 0 aromatic carbocycles. The molecule has 1 aliphatic carbocycles. The maximum atomic E-state index is 9.00. The summed E-state index contributed by atoms with van der Waals surface area (Å²) in [4.78, 5) is 2.44. The van der Waals surface area contributed by atoms with Gasteiger partial charge in [0.1, 0.15) is 0 Å². The molecule has 1 atom stereocenters. The highest BCUT2D eigenvalue weighted by Crippen LogP contribution is 2.47. The summed E-state index contributed by atoms with van der Waals surface area (Å²) in [6.07, 6.45) is 3.83. The number of likely N-dealkylation sites (N-methyl/N-ethyl adjacent to an activating group) is 1. The summed E-state index contributed by atoms with van der Waals surface area (Å²) in [5.41, 5.74) is 0.411. The Morgan fingerprint density at radius 3 is 2.94 bits per heavy atom. The average Bonchev–Trinajstić information content (AvgIpc) is 3.10. The van der Waals surface area contributed by atoms with Crippen molar-refractivity contribution in [1.29, 1.82) is 0 Å². The topological polar surface area (TPSA) is 44.7 Å². The van der Waals surface area contributed by atoms with Crippen LogP contribution in [0.3, 0.4) is 0 Å². The molecule has 1 saturated carbocycles. The van der Waals surface area contributed by atoms with Gasteiger partial charge in [0, 0.05) is 32.8 Å². The lowest BCUT2D eigenvalue weighted by atomic mass is 10.0. The number of nitrogens with one attached hydrogen (secondary N) is 1. The number of hydrogen-bond donors (Lipinski definition) is 2. The minimum atomic E-state index is 0.325. The van der Waals surface area contributed by atoms with E-state index in [-0.39, 0.29) is 0 Å². The van der Waals surface area contributed by atoms with Crippen molar-refractivity contribution >= 4 is 0 Å². The summed E-state index contributed by atoms with van der Waals surface area (Å²) >= 11 is 0. The molecule has 0 amide bonds. The summed E-state index contributed by atoms with van der Waals surface area (Å²) in [5, 5.41) is 12.5. The van der Waals surface area contributed by atoms with Gasteiger partial charge in [0.15, 0.2) is 0 Å². The Kier molecular flexibility index (Phi) is 4.79. The van der Waals surface area contributed by atoms with Crippen molar-refractivity contribution in [2.45, 2.75) is 32.3 Å². The Hall–Kier alpha value is -0.160. The van der Waals surface area contributed by atoms with Crippen molar-refractivity contribution in [2.75, 3.05) is 45.9 Å². The van der Waals surface area contributed by atoms with Crippen molar-refractivity contribution < 1.29 is 9.84 Å². The summed E-state index contributed by atoms with van der Waals surface area (Å²) in [6, 6.07) is 0. The van der Waals surface area contributed by atoms with Gasteiger partial charge >= 0.3 is 0 Å². The highest BCUT2D eigenvalue weighted by molar-refractivity contribution is 4.94. The molecule has 4 nitrogen and oxygen atoms in total. The average molecular weight is 242 g/mol. The van der Waals surface area contributed by atoms with E-state index in [1.807, 2.05) is 0 Å². The van der Waals surface area contributed by atoms with Gasteiger partial charge in [0.25, 0.3) is 0 Å². The number of aliphatic hydroxyl groups is 1. The third kappa shape index (κ3) is 3.91. The number of morpholine rings is 1. The van der Waals surface area contributed by atoms with Crippen molar-refractivity contribution in [1.82, 2.24) is 10.2 Å². The molecular formula is C13H26N2O2. The number of nitrogens with zero attached hydrogens (tertiary/aromatic N) is 1. The van der Waals surface area contributed by atoms with E-state index in [1.54, 1.807) is 0 Å². The molecule has 2 aliphatic rings. The van der Waals surface area contributed by atoms with Gasteiger partial charge in [0.2, 0.25) is 0 Å². The summed E-state index contributed by atoms with van der Waals surface area (Å²) in [5.74, 6) is 0. The van der Waals surface area contributed by atoms with Crippen LogP contribution in [0.4, 0.5) is 0 Å². The van der Waals surface area contributed by atoms with E-state index in [0.29, 0.717) is 18.1 Å². The van der Waals surface area contributed by atoms with Crippen LogP contribution < -0.4 is 5.32 Å². The van der Waals surface area contributed by atoms with Crippen molar-refractivity contribution in [3.8, 4) is 0 Å². The zero-order chi connectivity index (χ0) is 12.1. The molecule has 17 heavy (non-hydrogen) atoms. The van der Waals surface area contributed by atoms with Crippen LogP contribution in [0.15, 0.2) is 0 Å². The fourth-order valence-electron chi connectivity index (χ4n) is 2.62. The second-order valence-electron chi connectivity index (χ2n) is 5.49. The van der Waals surface area contributed by atoms with Crippen molar-refractivity contribution in [3.05, 3.63) is 0 Å². The Labute approximate surface area is 104 Å². The van der Waals surface area contributed by atoms with Gasteiger partial charge in [-0.2, -0.15) is 0 Å². The molecule has 1 heterocycles. The van der Waals surface area contributed by atoms with E-state index in [9.17, 15) is 0 Å². The third-order valence-electron chi connectivity index (χ3n) is 4.14. The van der Waals surface area contributed by atoms with Crippen LogP contribution in [0.1, 0.15) is 26.2 Å². The van der Waals surface area contributed by atoms with Crippen LogP contribution in [-0.4, -0.2) is 62.0 Å². The molecule has 0 radical (unpaired) electrons. The highest BCUT2D eigenvalue weighted by Gasteiger charge is 2.41. The maximum Gasteiger partial charge on any atom is 0.0826 e. The lowest BCUT2D eigenvalue weighted by Gasteiger charge is -2.32. The minimum absolute atomic E-state index is 0.325. The lowest BCUT2D eigenvalue weighted by Crippen LogP contribution is -2.47. The fraction of sp³-hybridized carbons (Fsp3) is 1.00. The Bertz CT molecular complexity index is 231.